The van der Waals surface area contributed by atoms with Crippen LogP contribution in [-0.4, -0.2) is 158 Å². The van der Waals surface area contributed by atoms with Gasteiger partial charge in [0.25, 0.3) is 11.5 Å². The Morgan fingerprint density at radius 3 is 1.92 bits per heavy atom. The van der Waals surface area contributed by atoms with Gasteiger partial charge in [-0.25, -0.2) is 24.6 Å². The number of carbonyl (C=O) groups excluding carboxylic acids is 5. The summed E-state index contributed by atoms with van der Waals surface area (Å²) in [5.41, 5.74) is 6.59. The number of aliphatic hydroxyl groups excluding tert-OH is 1. The van der Waals surface area contributed by atoms with Gasteiger partial charge < -0.3 is 65.2 Å². The average Bonchev–Trinajstić information content (AvgIpc) is 1.58. The number of esters is 2. The van der Waals surface area contributed by atoms with Crippen molar-refractivity contribution in [3.63, 3.8) is 0 Å². The molecule has 3 aromatic rings. The number of hydrogen-bond donors (Lipinski definition) is 9. The zero-order valence-corrected chi connectivity index (χ0v) is 59.0. The number of amides is 4. The van der Waals surface area contributed by atoms with Crippen LogP contribution in [0, 0.1) is 16.7 Å². The van der Waals surface area contributed by atoms with Gasteiger partial charge in [-0.1, -0.05) is 112 Å². The molecule has 1 aliphatic rings. The number of aliphatic imine (C=N–C) groups is 1. The Balaban J connectivity index is 1.64. The van der Waals surface area contributed by atoms with Crippen LogP contribution >= 0.6 is 0 Å². The molecule has 1 saturated heterocycles. The summed E-state index contributed by atoms with van der Waals surface area (Å²) in [6.45, 7) is 32.6. The van der Waals surface area contributed by atoms with E-state index in [0.29, 0.717) is 11.3 Å². The van der Waals surface area contributed by atoms with Crippen molar-refractivity contribution in [3.8, 4) is 5.75 Å². The topological polar surface area (TPSA) is 356 Å². The molecule has 1 aromatic heterocycles. The number of benzene rings is 2. The molecule has 9 unspecified atom stereocenters. The Morgan fingerprint density at radius 1 is 0.761 bits per heavy atom. The number of nitrogens with one attached hydrogen (secondary N) is 6. The molecule has 92 heavy (non-hydrogen) atoms. The van der Waals surface area contributed by atoms with Gasteiger partial charge in [0.2, 0.25) is 11.8 Å². The second-order valence-electron chi connectivity index (χ2n) is 28.0. The molecule has 4 rings (SSSR count). The van der Waals surface area contributed by atoms with Gasteiger partial charge in [-0.3, -0.25) is 28.3 Å². The Hall–Kier alpha value is -7.03. The Bertz CT molecular complexity index is 3090. The highest BCUT2D eigenvalue weighted by Crippen LogP contribution is 2.46. The van der Waals surface area contributed by atoms with Crippen molar-refractivity contribution in [1.29, 1.82) is 0 Å². The lowest BCUT2D eigenvalue weighted by Gasteiger charge is -2.44. The molecule has 514 valence electrons. The molecule has 0 radical (unpaired) electrons. The van der Waals surface area contributed by atoms with E-state index in [-0.39, 0.29) is 69.4 Å². The molecule has 0 bridgehead atoms. The van der Waals surface area contributed by atoms with Crippen molar-refractivity contribution in [2.24, 2.45) is 22.6 Å². The fourth-order valence-corrected chi connectivity index (χ4v) is 11.9. The summed E-state index contributed by atoms with van der Waals surface area (Å²) in [7, 11) is -4.14. The van der Waals surface area contributed by atoms with Crippen molar-refractivity contribution in [2.45, 2.75) is 226 Å². The fraction of sp³-hybridized carbons (Fsp3) is 0.651. The molecule has 0 saturated carbocycles. The maximum atomic E-state index is 14.8. The first-order chi connectivity index (χ1) is 42.7. The van der Waals surface area contributed by atoms with Gasteiger partial charge in [0.15, 0.2) is 22.9 Å². The molecular weight excluding hydrogens is 1220 g/mol. The summed E-state index contributed by atoms with van der Waals surface area (Å²) >= 11 is 0. The van der Waals surface area contributed by atoms with Crippen LogP contribution in [0.2, 0.25) is 36.3 Å². The van der Waals surface area contributed by atoms with E-state index in [4.69, 9.17) is 38.7 Å². The largest absolute Gasteiger partial charge is 0.497 e. The zero-order chi connectivity index (χ0) is 69.3. The summed E-state index contributed by atoms with van der Waals surface area (Å²) in [6.07, 6.45) is -4.80. The number of ether oxygens (including phenoxy) is 4. The van der Waals surface area contributed by atoms with E-state index in [1.807, 2.05) is 51.5 Å². The number of aliphatic hydroxyl groups is 1. The number of guanidine groups is 1. The minimum atomic E-state index is -2.85. The number of hydrogen-bond acceptors (Lipinski definition) is 17. The minimum Gasteiger partial charge on any atom is -0.497 e. The summed E-state index contributed by atoms with van der Waals surface area (Å²) in [4.78, 5) is 113. The molecule has 1 aliphatic heterocycles. The van der Waals surface area contributed by atoms with Gasteiger partial charge >= 0.3 is 28.7 Å². The monoisotopic (exact) mass is 1330 g/mol. The van der Waals surface area contributed by atoms with Gasteiger partial charge in [0, 0.05) is 25.4 Å². The summed E-state index contributed by atoms with van der Waals surface area (Å²) in [6, 6.07) is 11.3. The van der Waals surface area contributed by atoms with Crippen molar-refractivity contribution in [2.75, 3.05) is 26.7 Å². The number of nitrogens with two attached hydrogens (primary N) is 1. The molecule has 2 heterocycles. The second kappa shape index (κ2) is 33.7. The van der Waals surface area contributed by atoms with E-state index in [9.17, 15) is 43.6 Å². The molecular formula is C63H104N11O16Si2+. The van der Waals surface area contributed by atoms with E-state index in [0.717, 1.165) is 10.1 Å². The SMILES string of the molecule is COc1ccc(Cn2c(=O)ccn(C3OC(C(O)C(NCCCNC(=O)C(CC(C)C)NC(=O)C(CCCN=C(N)N[N+](=O)O)NC(=O)NC(C(=O)OCc4ccccc4)C(C)C)C(=O)OC(C)(C)C)C(O[Si](C)(C)C(C)(C)C)C3O[Si](C)(C)C(C)(C)C)c2=O)cc1. The van der Waals surface area contributed by atoms with E-state index in [1.54, 1.807) is 83.1 Å². The quantitative estimate of drug-likeness (QED) is 0.00911. The van der Waals surface area contributed by atoms with Crippen molar-refractivity contribution >= 4 is 52.4 Å². The smallest absolute Gasteiger partial charge is 0.362 e. The van der Waals surface area contributed by atoms with Crippen molar-refractivity contribution in [3.05, 3.63) is 104 Å². The highest BCUT2D eigenvalue weighted by Gasteiger charge is 2.58. The second-order valence-corrected chi connectivity index (χ2v) is 37.5. The van der Waals surface area contributed by atoms with Crippen LogP contribution in [0.1, 0.15) is 133 Å². The number of urea groups is 1. The molecule has 27 nitrogen and oxygen atoms in total. The Morgan fingerprint density at radius 2 is 1.37 bits per heavy atom. The lowest BCUT2D eigenvalue weighted by atomic mass is 9.99. The number of hydrazine groups is 1. The zero-order valence-electron chi connectivity index (χ0n) is 57.0. The minimum absolute atomic E-state index is 0.00720. The molecule has 4 amide bonds. The first kappa shape index (κ1) is 77.4. The van der Waals surface area contributed by atoms with Gasteiger partial charge in [-0.15, -0.1) is 0 Å². The molecule has 0 aliphatic carbocycles. The molecule has 2 aromatic carbocycles. The Labute approximate surface area is 542 Å². The lowest BCUT2D eigenvalue weighted by Crippen LogP contribution is -2.59. The van der Waals surface area contributed by atoms with Gasteiger partial charge in [-0.2, -0.15) is 0 Å². The Kier molecular flexibility index (Phi) is 28.4. The average molecular weight is 1330 g/mol. The third kappa shape index (κ3) is 23.2. The number of rotatable bonds is 32. The number of carbonyl (C=O) groups is 5. The maximum absolute atomic E-state index is 14.8. The summed E-state index contributed by atoms with van der Waals surface area (Å²) in [5, 5.41) is 34.5. The molecule has 0 spiro atoms. The van der Waals surface area contributed by atoms with E-state index >= 15 is 0 Å². The van der Waals surface area contributed by atoms with Gasteiger partial charge in [0.05, 0.1) is 13.7 Å². The number of aromatic nitrogens is 2. The van der Waals surface area contributed by atoms with E-state index in [1.165, 1.54) is 23.9 Å². The molecule has 1 fully saturated rings. The lowest BCUT2D eigenvalue weighted by molar-refractivity contribution is -0.822. The third-order valence-corrected chi connectivity index (χ3v) is 25.4. The number of methoxy groups -OCH3 is 1. The first-order valence-electron chi connectivity index (χ1n) is 31.4. The third-order valence-electron chi connectivity index (χ3n) is 16.5. The van der Waals surface area contributed by atoms with Crippen LogP contribution in [0.4, 0.5) is 4.79 Å². The van der Waals surface area contributed by atoms with Crippen LogP contribution in [0.25, 0.3) is 0 Å². The van der Waals surface area contributed by atoms with E-state index in [2.05, 4.69) is 73.1 Å². The molecule has 10 N–H and O–H groups in total. The van der Waals surface area contributed by atoms with Crippen LogP contribution in [0.3, 0.4) is 0 Å². The van der Waals surface area contributed by atoms with E-state index < -0.39 is 140 Å². The van der Waals surface area contributed by atoms with Crippen LogP contribution in [0.15, 0.2) is 81.4 Å². The number of nitrogens with zero attached hydrogens (tertiary/aromatic N) is 4. The molecule has 29 heteroatoms. The normalized spacial score (nSPS) is 18.2. The standard InChI is InChI=1S/C63H103N11O16Si2/c1-39(2)36-45(68-54(78)44(26-22-32-67-58(64)71-74(83)84)69-59(81)70-47(40(3)4)56(79)86-38-42-24-20-19-21-25-42)53(77)66-34-23-33-65-48(57(80)88-61(5,6)7)49(76)50-51(89-91(15,16)62(8,9)10)52(90-92(17,18)63(11,12)13)55(87-50)72-35-31-46(75)73(60(72)82)37-41-27-29-43(85-14)30-28-41/h19-21,24-25,27-31,35,39-40,44-45,47-52,55,65,76H,22-23,26,32-34,36-38H2,1-18H3,(H7-,64,66,67,68,69,70,71,77,78,81,83,84)/p+1. The highest BCUT2D eigenvalue weighted by molar-refractivity contribution is 6.74. The summed E-state index contributed by atoms with van der Waals surface area (Å²) in [5.74, 6) is -3.22. The first-order valence-corrected chi connectivity index (χ1v) is 37.2. The van der Waals surface area contributed by atoms with Gasteiger partial charge in [0.1, 0.15) is 71.4 Å². The molecule has 9 atom stereocenters. The van der Waals surface area contributed by atoms with Crippen molar-refractivity contribution < 1.29 is 67.1 Å². The van der Waals surface area contributed by atoms with Gasteiger partial charge in [-0.05, 0) is 130 Å². The van der Waals surface area contributed by atoms with Crippen LogP contribution < -0.4 is 53.7 Å². The highest BCUT2D eigenvalue weighted by atomic mass is 28.4. The van der Waals surface area contributed by atoms with Crippen LogP contribution in [-0.2, 0) is 55.4 Å². The predicted octanol–water partition coefficient (Wildman–Crippen LogP) is 5.65. The van der Waals surface area contributed by atoms with Crippen molar-refractivity contribution in [1.82, 2.24) is 41.1 Å². The fourth-order valence-electron chi connectivity index (χ4n) is 9.35. The maximum Gasteiger partial charge on any atom is 0.362 e. The summed E-state index contributed by atoms with van der Waals surface area (Å²) < 4.78 is 40.6. The predicted molar refractivity (Wildman–Crippen MR) is 352 cm³/mol. The van der Waals surface area contributed by atoms with Crippen LogP contribution in [0.5, 0.6) is 5.75 Å².